The number of carbonyl (C=O) groups excluding carboxylic acids is 2. The van der Waals surface area contributed by atoms with Gasteiger partial charge in [-0.3, -0.25) is 4.79 Å². The predicted octanol–water partition coefficient (Wildman–Crippen LogP) is 1.29. The van der Waals surface area contributed by atoms with E-state index >= 15 is 0 Å². The Kier molecular flexibility index (Phi) is 15.2. The number of unbranched alkanes of at least 4 members (excludes halogenated alkanes) is 3. The van der Waals surface area contributed by atoms with Gasteiger partial charge in [-0.15, -0.1) is 0 Å². The SMILES string of the molecule is C=CC(=O)NC(C)OC(=O)C(=C)C.OCCCCCCO. The summed E-state index contributed by atoms with van der Waals surface area (Å²) in [4.78, 5) is 21.7. The Labute approximate surface area is 126 Å². The summed E-state index contributed by atoms with van der Waals surface area (Å²) < 4.78 is 4.77. The molecule has 21 heavy (non-hydrogen) atoms. The number of amides is 1. The van der Waals surface area contributed by atoms with E-state index in [-0.39, 0.29) is 19.1 Å². The summed E-state index contributed by atoms with van der Waals surface area (Å²) in [5.41, 5.74) is 0.291. The molecule has 3 N–H and O–H groups in total. The van der Waals surface area contributed by atoms with Crippen LogP contribution in [0.4, 0.5) is 0 Å². The molecule has 0 saturated carbocycles. The second-order valence-electron chi connectivity index (χ2n) is 4.40. The van der Waals surface area contributed by atoms with E-state index in [1.807, 2.05) is 0 Å². The summed E-state index contributed by atoms with van der Waals surface area (Å²) in [6, 6.07) is 0. The minimum absolute atomic E-state index is 0.283. The lowest BCUT2D eigenvalue weighted by molar-refractivity contribution is -0.146. The number of aliphatic hydroxyl groups excluding tert-OH is 2. The van der Waals surface area contributed by atoms with Gasteiger partial charge in [-0.2, -0.15) is 0 Å². The molecule has 0 spiro atoms. The van der Waals surface area contributed by atoms with Crippen molar-refractivity contribution in [1.29, 1.82) is 0 Å². The maximum atomic E-state index is 10.9. The van der Waals surface area contributed by atoms with E-state index in [2.05, 4.69) is 18.5 Å². The van der Waals surface area contributed by atoms with Crippen LogP contribution in [0.1, 0.15) is 39.5 Å². The monoisotopic (exact) mass is 301 g/mol. The Morgan fingerprint density at radius 3 is 2.00 bits per heavy atom. The Bertz CT molecular complexity index is 322. The molecule has 0 aromatic heterocycles. The molecule has 0 radical (unpaired) electrons. The number of esters is 1. The van der Waals surface area contributed by atoms with Gasteiger partial charge in [0.05, 0.1) is 0 Å². The number of rotatable bonds is 9. The molecule has 1 amide bonds. The third kappa shape index (κ3) is 16.3. The lowest BCUT2D eigenvalue weighted by atomic mass is 10.2. The first-order valence-corrected chi connectivity index (χ1v) is 6.90. The van der Waals surface area contributed by atoms with Crippen molar-refractivity contribution in [2.45, 2.75) is 45.8 Å². The number of hydrogen-bond donors (Lipinski definition) is 3. The van der Waals surface area contributed by atoms with Gasteiger partial charge in [-0.25, -0.2) is 4.79 Å². The zero-order valence-corrected chi connectivity index (χ0v) is 12.9. The molecule has 0 bridgehead atoms. The van der Waals surface area contributed by atoms with Crippen LogP contribution >= 0.6 is 0 Å². The molecule has 0 saturated heterocycles. The Balaban J connectivity index is 0. The molecular formula is C15H27NO5. The molecule has 0 aromatic rings. The van der Waals surface area contributed by atoms with Crippen LogP contribution in [-0.4, -0.2) is 41.5 Å². The average Bonchev–Trinajstić information content (AvgIpc) is 2.44. The molecule has 1 atom stereocenters. The smallest absolute Gasteiger partial charge is 0.335 e. The minimum Gasteiger partial charge on any atom is -0.439 e. The molecule has 0 heterocycles. The second-order valence-corrected chi connectivity index (χ2v) is 4.40. The van der Waals surface area contributed by atoms with Crippen molar-refractivity contribution in [3.8, 4) is 0 Å². The normalized spacial score (nSPS) is 10.7. The molecule has 122 valence electrons. The van der Waals surface area contributed by atoms with E-state index in [0.717, 1.165) is 31.8 Å². The molecule has 0 rings (SSSR count). The third-order valence-corrected chi connectivity index (χ3v) is 2.23. The van der Waals surface area contributed by atoms with Gasteiger partial charge in [0, 0.05) is 18.8 Å². The molecule has 0 aliphatic carbocycles. The minimum atomic E-state index is -0.672. The molecule has 6 nitrogen and oxygen atoms in total. The molecule has 0 aliphatic rings. The van der Waals surface area contributed by atoms with Crippen LogP contribution in [0.3, 0.4) is 0 Å². The van der Waals surface area contributed by atoms with Crippen LogP contribution in [-0.2, 0) is 14.3 Å². The lowest BCUT2D eigenvalue weighted by Crippen LogP contribution is -2.35. The fraction of sp³-hybridized carbons (Fsp3) is 0.600. The highest BCUT2D eigenvalue weighted by Gasteiger charge is 2.10. The van der Waals surface area contributed by atoms with Crippen molar-refractivity contribution < 1.29 is 24.5 Å². The van der Waals surface area contributed by atoms with E-state index < -0.39 is 12.2 Å². The molecule has 0 fully saturated rings. The quantitative estimate of drug-likeness (QED) is 0.258. The fourth-order valence-corrected chi connectivity index (χ4v) is 1.13. The number of carbonyl (C=O) groups is 2. The van der Waals surface area contributed by atoms with Crippen molar-refractivity contribution in [2.24, 2.45) is 0 Å². The van der Waals surface area contributed by atoms with Gasteiger partial charge < -0.3 is 20.3 Å². The zero-order valence-electron chi connectivity index (χ0n) is 12.9. The first-order valence-electron chi connectivity index (χ1n) is 6.90. The molecular weight excluding hydrogens is 274 g/mol. The van der Waals surface area contributed by atoms with Gasteiger partial charge in [0.25, 0.3) is 0 Å². The molecule has 1 unspecified atom stereocenters. The topological polar surface area (TPSA) is 95.9 Å². The summed E-state index contributed by atoms with van der Waals surface area (Å²) >= 11 is 0. The Morgan fingerprint density at radius 2 is 1.67 bits per heavy atom. The van der Waals surface area contributed by atoms with Gasteiger partial charge in [-0.1, -0.05) is 26.0 Å². The van der Waals surface area contributed by atoms with Gasteiger partial charge in [0.15, 0.2) is 6.23 Å². The van der Waals surface area contributed by atoms with Crippen LogP contribution < -0.4 is 5.32 Å². The maximum Gasteiger partial charge on any atom is 0.335 e. The number of aliphatic hydroxyl groups is 2. The summed E-state index contributed by atoms with van der Waals surface area (Å²) in [5, 5.41) is 19.0. The highest BCUT2D eigenvalue weighted by Crippen LogP contribution is 1.96. The Hall–Kier alpha value is -1.66. The largest absolute Gasteiger partial charge is 0.439 e. The first kappa shape index (κ1) is 21.6. The lowest BCUT2D eigenvalue weighted by Gasteiger charge is -2.13. The van der Waals surface area contributed by atoms with Crippen molar-refractivity contribution in [1.82, 2.24) is 5.32 Å². The number of hydrogen-bond acceptors (Lipinski definition) is 5. The zero-order chi connectivity index (χ0) is 16.7. The average molecular weight is 301 g/mol. The van der Waals surface area contributed by atoms with Crippen LogP contribution in [0.2, 0.25) is 0 Å². The predicted molar refractivity (Wildman–Crippen MR) is 81.3 cm³/mol. The van der Waals surface area contributed by atoms with Gasteiger partial charge in [-0.05, 0) is 32.8 Å². The van der Waals surface area contributed by atoms with Gasteiger partial charge >= 0.3 is 5.97 Å². The van der Waals surface area contributed by atoms with E-state index in [4.69, 9.17) is 14.9 Å². The van der Waals surface area contributed by atoms with E-state index in [1.165, 1.54) is 6.92 Å². The van der Waals surface area contributed by atoms with Crippen molar-refractivity contribution >= 4 is 11.9 Å². The maximum absolute atomic E-state index is 10.9. The van der Waals surface area contributed by atoms with Gasteiger partial charge in [0.2, 0.25) is 5.91 Å². The summed E-state index contributed by atoms with van der Waals surface area (Å²) in [6.07, 6.45) is 4.26. The highest BCUT2D eigenvalue weighted by molar-refractivity contribution is 5.88. The standard InChI is InChI=1S/C9H13NO3.C6H14O2/c1-5-8(11)10-7(4)13-9(12)6(2)3;7-5-3-1-2-4-6-8/h5,7H,1-2H2,3-4H3,(H,10,11);7-8H,1-6H2. The molecule has 0 aliphatic heterocycles. The van der Waals surface area contributed by atoms with Crippen LogP contribution in [0.25, 0.3) is 0 Å². The van der Waals surface area contributed by atoms with Gasteiger partial charge in [0.1, 0.15) is 0 Å². The van der Waals surface area contributed by atoms with E-state index in [1.54, 1.807) is 6.92 Å². The van der Waals surface area contributed by atoms with Crippen molar-refractivity contribution in [2.75, 3.05) is 13.2 Å². The Morgan fingerprint density at radius 1 is 1.19 bits per heavy atom. The van der Waals surface area contributed by atoms with Crippen LogP contribution in [0, 0.1) is 0 Å². The number of nitrogens with one attached hydrogen (secondary N) is 1. The number of ether oxygens (including phenoxy) is 1. The van der Waals surface area contributed by atoms with Crippen molar-refractivity contribution in [3.63, 3.8) is 0 Å². The van der Waals surface area contributed by atoms with Crippen molar-refractivity contribution in [3.05, 3.63) is 24.8 Å². The fourth-order valence-electron chi connectivity index (χ4n) is 1.13. The molecule has 0 aromatic carbocycles. The third-order valence-electron chi connectivity index (χ3n) is 2.23. The molecule has 6 heteroatoms. The summed E-state index contributed by atoms with van der Waals surface area (Å²) in [7, 11) is 0. The highest BCUT2D eigenvalue weighted by atomic mass is 16.6. The first-order chi connectivity index (χ1) is 9.88. The summed E-state index contributed by atoms with van der Waals surface area (Å²) in [5.74, 6) is -0.918. The van der Waals surface area contributed by atoms with E-state index in [9.17, 15) is 9.59 Å². The van der Waals surface area contributed by atoms with Crippen LogP contribution in [0.5, 0.6) is 0 Å². The van der Waals surface area contributed by atoms with E-state index in [0.29, 0.717) is 5.57 Å². The summed E-state index contributed by atoms with van der Waals surface area (Å²) in [6.45, 7) is 10.3. The second kappa shape index (κ2) is 14.7. The van der Waals surface area contributed by atoms with Crippen LogP contribution in [0.15, 0.2) is 24.8 Å².